The summed E-state index contributed by atoms with van der Waals surface area (Å²) >= 11 is 0. The first-order valence-corrected chi connectivity index (χ1v) is 13.3. The fourth-order valence-electron chi connectivity index (χ4n) is 4.72. The van der Waals surface area contributed by atoms with Crippen molar-refractivity contribution in [3.05, 3.63) is 42.5 Å². The van der Waals surface area contributed by atoms with Crippen LogP contribution in [0.3, 0.4) is 0 Å². The minimum atomic E-state index is -3.28. The van der Waals surface area contributed by atoms with Gasteiger partial charge in [0.15, 0.2) is 9.84 Å². The van der Waals surface area contributed by atoms with E-state index in [-0.39, 0.29) is 28.7 Å². The number of ether oxygens (including phenoxy) is 1. The molecule has 33 heavy (non-hydrogen) atoms. The normalized spacial score (nSPS) is 22.8. The van der Waals surface area contributed by atoms with Crippen LogP contribution in [-0.2, 0) is 24.2 Å². The van der Waals surface area contributed by atoms with Gasteiger partial charge < -0.3 is 14.5 Å². The third-order valence-corrected chi connectivity index (χ3v) is 7.79. The van der Waals surface area contributed by atoms with Crippen LogP contribution in [0, 0.1) is 5.92 Å². The van der Waals surface area contributed by atoms with Gasteiger partial charge in [-0.25, -0.2) is 8.42 Å². The van der Waals surface area contributed by atoms with E-state index in [1.165, 1.54) is 6.26 Å². The highest BCUT2D eigenvalue weighted by molar-refractivity contribution is 7.90. The summed E-state index contributed by atoms with van der Waals surface area (Å²) in [5.41, 5.74) is 3.14. The molecule has 0 aromatic heterocycles. The second-order valence-corrected chi connectivity index (χ2v) is 11.3. The molecule has 3 aliphatic rings. The molecule has 0 bridgehead atoms. The second kappa shape index (κ2) is 8.25. The van der Waals surface area contributed by atoms with Gasteiger partial charge in [0.2, 0.25) is 5.91 Å². The van der Waals surface area contributed by atoms with Crippen LogP contribution in [0.1, 0.15) is 32.6 Å². The summed E-state index contributed by atoms with van der Waals surface area (Å²) in [5, 5.41) is 0. The number of anilines is 2. The summed E-state index contributed by atoms with van der Waals surface area (Å²) in [4.78, 5) is 30.3. The van der Waals surface area contributed by atoms with Crippen LogP contribution >= 0.6 is 0 Å². The van der Waals surface area contributed by atoms with E-state index >= 15 is 0 Å². The molecule has 5 rings (SSSR count). The summed E-state index contributed by atoms with van der Waals surface area (Å²) in [5.74, 6) is 0.130. The molecule has 1 saturated carbocycles. The second-order valence-electron chi connectivity index (χ2n) is 9.28. The van der Waals surface area contributed by atoms with Crippen LogP contribution in [0.5, 0.6) is 0 Å². The quantitative estimate of drug-likeness (QED) is 0.687. The lowest BCUT2D eigenvalue weighted by Gasteiger charge is -2.42. The molecule has 2 aromatic rings. The molecule has 1 aliphatic carbocycles. The van der Waals surface area contributed by atoms with Crippen molar-refractivity contribution in [2.45, 2.75) is 49.6 Å². The molecule has 2 aromatic carbocycles. The summed E-state index contributed by atoms with van der Waals surface area (Å²) in [6.45, 7) is 2.99. The fourth-order valence-corrected chi connectivity index (χ4v) is 5.35. The molecule has 0 spiro atoms. The summed E-state index contributed by atoms with van der Waals surface area (Å²) < 4.78 is 29.3. The topological polar surface area (TPSA) is 84.0 Å². The number of rotatable bonds is 4. The van der Waals surface area contributed by atoms with E-state index < -0.39 is 15.9 Å². The van der Waals surface area contributed by atoms with Crippen molar-refractivity contribution in [3.8, 4) is 11.1 Å². The van der Waals surface area contributed by atoms with Crippen molar-refractivity contribution in [1.29, 1.82) is 0 Å². The molecule has 8 heteroatoms. The molecule has 2 unspecified atom stereocenters. The summed E-state index contributed by atoms with van der Waals surface area (Å²) in [7, 11) is -3.28. The Bertz CT molecular complexity index is 1200. The number of carbonyl (C=O) groups is 2. The number of nitrogens with zero attached hydrogens (tertiary/aromatic N) is 2. The SMILES string of the molecule is CC1CN(C(=O)C2CCCO2)c2cc(-c3ccc(S(C)(=O)=O)cc3)ccc2N1C(=O)C1CC1. The average Bonchev–Trinajstić information content (AvgIpc) is 3.51. The first kappa shape index (κ1) is 22.1. The number of amides is 2. The smallest absolute Gasteiger partial charge is 0.256 e. The Kier molecular flexibility index (Phi) is 5.53. The lowest BCUT2D eigenvalue weighted by atomic mass is 9.99. The van der Waals surface area contributed by atoms with Gasteiger partial charge in [0, 0.05) is 25.3 Å². The highest BCUT2D eigenvalue weighted by Crippen LogP contribution is 2.42. The van der Waals surface area contributed by atoms with Crippen LogP contribution in [0.2, 0.25) is 0 Å². The van der Waals surface area contributed by atoms with Gasteiger partial charge in [0.1, 0.15) is 6.10 Å². The van der Waals surface area contributed by atoms with Crippen molar-refractivity contribution in [3.63, 3.8) is 0 Å². The zero-order chi connectivity index (χ0) is 23.3. The van der Waals surface area contributed by atoms with E-state index in [0.717, 1.165) is 36.1 Å². The molecule has 0 N–H and O–H groups in total. The molecular formula is C25H28N2O5S. The molecule has 2 amide bonds. The Morgan fingerprint density at radius 1 is 0.939 bits per heavy atom. The van der Waals surface area contributed by atoms with E-state index in [2.05, 4.69) is 0 Å². The van der Waals surface area contributed by atoms with Gasteiger partial charge in [-0.3, -0.25) is 9.59 Å². The number of fused-ring (bicyclic) bond motifs is 1. The Morgan fingerprint density at radius 2 is 1.64 bits per heavy atom. The van der Waals surface area contributed by atoms with Gasteiger partial charge in [-0.1, -0.05) is 18.2 Å². The largest absolute Gasteiger partial charge is 0.368 e. The first-order valence-electron chi connectivity index (χ1n) is 11.4. The molecule has 174 valence electrons. The molecule has 2 aliphatic heterocycles. The van der Waals surface area contributed by atoms with Gasteiger partial charge in [-0.2, -0.15) is 0 Å². The standard InChI is InChI=1S/C25H28N2O5S/c1-16-15-26(25(29)23-4-3-13-32-23)22-14-19(17-7-10-20(11-8-17)33(2,30)31)9-12-21(22)27(16)24(28)18-5-6-18/h7-12,14,16,18,23H,3-6,13,15H2,1-2H3. The molecule has 2 atom stereocenters. The number of hydrogen-bond donors (Lipinski definition) is 0. The van der Waals surface area contributed by atoms with E-state index in [0.29, 0.717) is 25.3 Å². The van der Waals surface area contributed by atoms with E-state index in [9.17, 15) is 18.0 Å². The molecule has 2 heterocycles. The number of sulfone groups is 1. The molecule has 0 radical (unpaired) electrons. The number of hydrogen-bond acceptors (Lipinski definition) is 5. The van der Waals surface area contributed by atoms with Crippen LogP contribution in [0.4, 0.5) is 11.4 Å². The maximum atomic E-state index is 13.4. The summed E-state index contributed by atoms with van der Waals surface area (Å²) in [6, 6.07) is 12.3. The lowest BCUT2D eigenvalue weighted by Crippen LogP contribution is -2.54. The molecule has 7 nitrogen and oxygen atoms in total. The summed E-state index contributed by atoms with van der Waals surface area (Å²) in [6.07, 6.45) is 4.14. The van der Waals surface area contributed by atoms with Gasteiger partial charge >= 0.3 is 0 Å². The van der Waals surface area contributed by atoms with Crippen LogP contribution < -0.4 is 9.80 Å². The van der Waals surface area contributed by atoms with Crippen molar-refractivity contribution in [1.82, 2.24) is 0 Å². The van der Waals surface area contributed by atoms with Gasteiger partial charge in [-0.15, -0.1) is 0 Å². The Labute approximate surface area is 194 Å². The van der Waals surface area contributed by atoms with Crippen molar-refractivity contribution in [2.75, 3.05) is 29.2 Å². The minimum Gasteiger partial charge on any atom is -0.368 e. The van der Waals surface area contributed by atoms with E-state index in [4.69, 9.17) is 4.74 Å². The molecule has 2 fully saturated rings. The Morgan fingerprint density at radius 3 is 2.24 bits per heavy atom. The Hall–Kier alpha value is -2.71. The van der Waals surface area contributed by atoms with Crippen molar-refractivity contribution >= 4 is 33.0 Å². The van der Waals surface area contributed by atoms with Gasteiger partial charge in [0.05, 0.1) is 22.3 Å². The lowest BCUT2D eigenvalue weighted by molar-refractivity contribution is -0.127. The van der Waals surface area contributed by atoms with Crippen LogP contribution in [-0.4, -0.2) is 51.8 Å². The third-order valence-electron chi connectivity index (χ3n) is 6.66. The van der Waals surface area contributed by atoms with Crippen molar-refractivity contribution < 1.29 is 22.7 Å². The Balaban J connectivity index is 1.56. The molecular weight excluding hydrogens is 440 g/mol. The number of carbonyl (C=O) groups excluding carboxylic acids is 2. The maximum absolute atomic E-state index is 13.4. The van der Waals surface area contributed by atoms with Crippen molar-refractivity contribution in [2.24, 2.45) is 5.92 Å². The zero-order valence-electron chi connectivity index (χ0n) is 18.9. The highest BCUT2D eigenvalue weighted by Gasteiger charge is 2.42. The monoisotopic (exact) mass is 468 g/mol. The van der Waals surface area contributed by atoms with E-state index in [1.54, 1.807) is 29.2 Å². The maximum Gasteiger partial charge on any atom is 0.256 e. The predicted molar refractivity (Wildman–Crippen MR) is 126 cm³/mol. The van der Waals surface area contributed by atoms with Gasteiger partial charge in [-0.05, 0) is 68.0 Å². The molecule has 1 saturated heterocycles. The first-order chi connectivity index (χ1) is 15.7. The number of benzene rings is 2. The minimum absolute atomic E-state index is 0.0660. The zero-order valence-corrected chi connectivity index (χ0v) is 19.7. The third kappa shape index (κ3) is 4.17. The van der Waals surface area contributed by atoms with Gasteiger partial charge in [0.25, 0.3) is 5.91 Å². The predicted octanol–water partition coefficient (Wildman–Crippen LogP) is 3.41. The van der Waals surface area contributed by atoms with E-state index in [1.807, 2.05) is 30.0 Å². The van der Waals surface area contributed by atoms with Crippen LogP contribution in [0.15, 0.2) is 47.4 Å². The fraction of sp³-hybridized carbons (Fsp3) is 0.440. The van der Waals surface area contributed by atoms with Crippen LogP contribution in [0.25, 0.3) is 11.1 Å². The average molecular weight is 469 g/mol. The highest BCUT2D eigenvalue weighted by atomic mass is 32.2.